The van der Waals surface area contributed by atoms with Crippen LogP contribution in [0.1, 0.15) is 24.0 Å². The summed E-state index contributed by atoms with van der Waals surface area (Å²) in [4.78, 5) is 11.2. The Hall–Kier alpha value is -3.12. The van der Waals surface area contributed by atoms with Gasteiger partial charge in [-0.05, 0) is 24.0 Å². The molecule has 4 rings (SSSR count). The van der Waals surface area contributed by atoms with Gasteiger partial charge >= 0.3 is 0 Å². The van der Waals surface area contributed by atoms with E-state index < -0.39 is 0 Å². The van der Waals surface area contributed by atoms with Crippen molar-refractivity contribution in [2.75, 3.05) is 29.5 Å². The Balaban J connectivity index is 1.30. The fourth-order valence-corrected chi connectivity index (χ4v) is 3.71. The topological polar surface area (TPSA) is 79.1 Å². The SMILES string of the molecule is Nc1nc(NCc2ccccc2)cc(NC2CCN(Cc3ccccc3)CC2)n1. The first-order chi connectivity index (χ1) is 14.2. The number of likely N-dealkylation sites (tertiary alicyclic amines) is 1. The van der Waals surface area contributed by atoms with E-state index in [9.17, 15) is 0 Å². The van der Waals surface area contributed by atoms with Crippen molar-refractivity contribution in [1.29, 1.82) is 0 Å². The van der Waals surface area contributed by atoms with E-state index in [2.05, 4.69) is 68.0 Å². The van der Waals surface area contributed by atoms with Gasteiger partial charge in [0.15, 0.2) is 0 Å². The molecule has 4 N–H and O–H groups in total. The summed E-state index contributed by atoms with van der Waals surface area (Å²) in [6, 6.07) is 23.2. The molecule has 0 bridgehead atoms. The van der Waals surface area contributed by atoms with Crippen LogP contribution in [0.3, 0.4) is 0 Å². The lowest BCUT2D eigenvalue weighted by molar-refractivity contribution is 0.211. The molecule has 0 radical (unpaired) electrons. The Bertz CT molecular complexity index is 892. The smallest absolute Gasteiger partial charge is 0.223 e. The van der Waals surface area contributed by atoms with Gasteiger partial charge in [0.2, 0.25) is 5.95 Å². The van der Waals surface area contributed by atoms with E-state index >= 15 is 0 Å². The molecule has 0 amide bonds. The average molecular weight is 389 g/mol. The molecule has 6 heteroatoms. The van der Waals surface area contributed by atoms with Crippen LogP contribution in [0.5, 0.6) is 0 Å². The van der Waals surface area contributed by atoms with Crippen LogP contribution in [-0.2, 0) is 13.1 Å². The number of nitrogen functional groups attached to an aromatic ring is 1. The minimum atomic E-state index is 0.284. The second kappa shape index (κ2) is 9.39. The highest BCUT2D eigenvalue weighted by molar-refractivity contribution is 5.51. The second-order valence-electron chi connectivity index (χ2n) is 7.52. The largest absolute Gasteiger partial charge is 0.368 e. The number of aromatic nitrogens is 2. The third-order valence-corrected chi connectivity index (χ3v) is 5.25. The zero-order valence-corrected chi connectivity index (χ0v) is 16.6. The summed E-state index contributed by atoms with van der Waals surface area (Å²) in [6.07, 6.45) is 2.17. The number of hydrogen-bond acceptors (Lipinski definition) is 6. The van der Waals surface area contributed by atoms with Gasteiger partial charge in [0.25, 0.3) is 0 Å². The molecule has 29 heavy (non-hydrogen) atoms. The molecule has 3 aromatic rings. The first kappa shape index (κ1) is 19.2. The van der Waals surface area contributed by atoms with E-state index in [1.807, 2.05) is 24.3 Å². The first-order valence-electron chi connectivity index (χ1n) is 10.2. The van der Waals surface area contributed by atoms with Crippen LogP contribution in [-0.4, -0.2) is 34.0 Å². The van der Waals surface area contributed by atoms with Crippen LogP contribution in [0.4, 0.5) is 17.6 Å². The molecule has 1 aliphatic heterocycles. The van der Waals surface area contributed by atoms with Crippen LogP contribution in [0.15, 0.2) is 66.7 Å². The molecule has 0 unspecified atom stereocenters. The minimum Gasteiger partial charge on any atom is -0.368 e. The van der Waals surface area contributed by atoms with Crippen molar-refractivity contribution < 1.29 is 0 Å². The molecule has 1 saturated heterocycles. The molecule has 0 aliphatic carbocycles. The van der Waals surface area contributed by atoms with Crippen LogP contribution in [0.2, 0.25) is 0 Å². The van der Waals surface area contributed by atoms with Crippen molar-refractivity contribution in [1.82, 2.24) is 14.9 Å². The van der Waals surface area contributed by atoms with Crippen molar-refractivity contribution >= 4 is 17.6 Å². The fourth-order valence-electron chi connectivity index (χ4n) is 3.71. The monoisotopic (exact) mass is 388 g/mol. The molecular formula is C23H28N6. The standard InChI is InChI=1S/C23H28N6/c24-23-27-21(25-16-18-7-3-1-4-8-18)15-22(28-23)26-20-11-13-29(14-12-20)17-19-9-5-2-6-10-19/h1-10,15,20H,11-14,16-17H2,(H4,24,25,26,27,28). The average Bonchev–Trinajstić information content (AvgIpc) is 2.75. The molecule has 2 aromatic carbocycles. The molecule has 150 valence electrons. The molecular weight excluding hydrogens is 360 g/mol. The number of nitrogens with one attached hydrogen (secondary N) is 2. The lowest BCUT2D eigenvalue weighted by Crippen LogP contribution is -2.38. The fraction of sp³-hybridized carbons (Fsp3) is 0.304. The highest BCUT2D eigenvalue weighted by atomic mass is 15.2. The maximum atomic E-state index is 5.93. The second-order valence-corrected chi connectivity index (χ2v) is 7.52. The van der Waals surface area contributed by atoms with E-state index in [1.54, 1.807) is 0 Å². The van der Waals surface area contributed by atoms with Gasteiger partial charge in [-0.25, -0.2) is 0 Å². The highest BCUT2D eigenvalue weighted by Crippen LogP contribution is 2.20. The number of nitrogens with zero attached hydrogens (tertiary/aromatic N) is 3. The lowest BCUT2D eigenvalue weighted by Gasteiger charge is -2.32. The zero-order valence-electron chi connectivity index (χ0n) is 16.6. The number of nitrogens with two attached hydrogens (primary N) is 1. The van der Waals surface area contributed by atoms with Gasteiger partial charge in [0, 0.05) is 38.3 Å². The van der Waals surface area contributed by atoms with Crippen LogP contribution >= 0.6 is 0 Å². The van der Waals surface area contributed by atoms with E-state index in [0.29, 0.717) is 12.6 Å². The number of piperidine rings is 1. The molecule has 1 fully saturated rings. The summed E-state index contributed by atoms with van der Waals surface area (Å²) in [6.45, 7) is 3.87. The van der Waals surface area contributed by atoms with Crippen LogP contribution in [0, 0.1) is 0 Å². The highest BCUT2D eigenvalue weighted by Gasteiger charge is 2.19. The molecule has 0 atom stereocenters. The Morgan fingerprint density at radius 2 is 1.48 bits per heavy atom. The summed E-state index contributed by atoms with van der Waals surface area (Å²) in [7, 11) is 0. The van der Waals surface area contributed by atoms with Crippen LogP contribution in [0.25, 0.3) is 0 Å². The predicted molar refractivity (Wildman–Crippen MR) is 119 cm³/mol. The minimum absolute atomic E-state index is 0.284. The van der Waals surface area contributed by atoms with E-state index in [-0.39, 0.29) is 5.95 Å². The van der Waals surface area contributed by atoms with E-state index in [4.69, 9.17) is 5.73 Å². The number of benzene rings is 2. The summed E-state index contributed by atoms with van der Waals surface area (Å²) in [5.41, 5.74) is 8.50. The third-order valence-electron chi connectivity index (χ3n) is 5.25. The van der Waals surface area contributed by atoms with Gasteiger partial charge in [-0.1, -0.05) is 60.7 Å². The summed E-state index contributed by atoms with van der Waals surface area (Å²) >= 11 is 0. The molecule has 0 spiro atoms. The molecule has 6 nitrogen and oxygen atoms in total. The lowest BCUT2D eigenvalue weighted by atomic mass is 10.0. The first-order valence-corrected chi connectivity index (χ1v) is 10.2. The van der Waals surface area contributed by atoms with Crippen molar-refractivity contribution in [2.24, 2.45) is 0 Å². The zero-order chi connectivity index (χ0) is 19.9. The third kappa shape index (κ3) is 5.68. The van der Waals surface area contributed by atoms with Gasteiger partial charge in [0.05, 0.1) is 0 Å². The van der Waals surface area contributed by atoms with Crippen molar-refractivity contribution in [2.45, 2.75) is 32.0 Å². The van der Waals surface area contributed by atoms with Gasteiger partial charge < -0.3 is 16.4 Å². The predicted octanol–water partition coefficient (Wildman–Crippen LogP) is 3.75. The normalized spacial score (nSPS) is 15.2. The van der Waals surface area contributed by atoms with Gasteiger partial charge in [-0.3, -0.25) is 4.90 Å². The van der Waals surface area contributed by atoms with Crippen LogP contribution < -0.4 is 16.4 Å². The Kier molecular flexibility index (Phi) is 6.22. The maximum absolute atomic E-state index is 5.93. The van der Waals surface area contributed by atoms with E-state index in [0.717, 1.165) is 44.1 Å². The maximum Gasteiger partial charge on any atom is 0.223 e. The molecule has 1 aliphatic rings. The molecule has 0 saturated carbocycles. The summed E-state index contributed by atoms with van der Waals surface area (Å²) in [5.74, 6) is 1.81. The van der Waals surface area contributed by atoms with Gasteiger partial charge in [0.1, 0.15) is 11.6 Å². The van der Waals surface area contributed by atoms with E-state index in [1.165, 1.54) is 11.1 Å². The van der Waals surface area contributed by atoms with Crippen molar-refractivity contribution in [3.05, 3.63) is 77.9 Å². The number of rotatable bonds is 7. The quantitative estimate of drug-likeness (QED) is 0.572. The van der Waals surface area contributed by atoms with Gasteiger partial charge in [-0.15, -0.1) is 0 Å². The number of anilines is 3. The van der Waals surface area contributed by atoms with Gasteiger partial charge in [-0.2, -0.15) is 9.97 Å². The molecule has 1 aromatic heterocycles. The summed E-state index contributed by atoms with van der Waals surface area (Å²) < 4.78 is 0. The van der Waals surface area contributed by atoms with Crippen molar-refractivity contribution in [3.8, 4) is 0 Å². The van der Waals surface area contributed by atoms with Crippen molar-refractivity contribution in [3.63, 3.8) is 0 Å². The number of hydrogen-bond donors (Lipinski definition) is 3. The Morgan fingerprint density at radius 1 is 0.862 bits per heavy atom. The molecule has 2 heterocycles. The Morgan fingerprint density at radius 3 is 2.17 bits per heavy atom. The Labute approximate surface area is 172 Å². The summed E-state index contributed by atoms with van der Waals surface area (Å²) in [5, 5.41) is 6.88.